The molecule has 0 bridgehead atoms. The Morgan fingerprint density at radius 2 is 2.37 bits per heavy atom. The van der Waals surface area contributed by atoms with E-state index in [-0.39, 0.29) is 12.5 Å². The van der Waals surface area contributed by atoms with E-state index in [1.807, 2.05) is 10.8 Å². The number of hydrogen-bond acceptors (Lipinski definition) is 5. The number of aromatic nitrogens is 5. The number of nitrogens with two attached hydrogens (primary N) is 1. The van der Waals surface area contributed by atoms with Gasteiger partial charge >= 0.3 is 0 Å². The maximum Gasteiger partial charge on any atom is 0.234 e. The molecule has 2 aromatic rings. The van der Waals surface area contributed by atoms with Crippen LogP contribution in [0.25, 0.3) is 0 Å². The summed E-state index contributed by atoms with van der Waals surface area (Å²) >= 11 is 0. The van der Waals surface area contributed by atoms with E-state index < -0.39 is 0 Å². The van der Waals surface area contributed by atoms with Crippen LogP contribution in [0.15, 0.2) is 18.6 Å². The molecule has 2 heterocycles. The van der Waals surface area contributed by atoms with E-state index in [1.54, 1.807) is 17.1 Å². The Hall–Kier alpha value is -2.22. The molecule has 0 aromatic carbocycles. The van der Waals surface area contributed by atoms with Crippen molar-refractivity contribution >= 4 is 5.91 Å². The monoisotopic (exact) mass is 263 g/mol. The average Bonchev–Trinajstić information content (AvgIpc) is 3.05. The van der Waals surface area contributed by atoms with Crippen molar-refractivity contribution in [3.63, 3.8) is 0 Å². The number of carbonyl (C=O) groups excluding carboxylic acids is 1. The van der Waals surface area contributed by atoms with Crippen molar-refractivity contribution in [3.05, 3.63) is 30.1 Å². The molecular weight excluding hydrogens is 246 g/mol. The van der Waals surface area contributed by atoms with Crippen LogP contribution in [0, 0.1) is 0 Å². The van der Waals surface area contributed by atoms with Crippen LogP contribution in [-0.2, 0) is 24.4 Å². The molecule has 0 unspecified atom stereocenters. The zero-order valence-electron chi connectivity index (χ0n) is 10.8. The predicted molar refractivity (Wildman–Crippen MR) is 67.9 cm³/mol. The summed E-state index contributed by atoms with van der Waals surface area (Å²) in [6.45, 7) is 3.78. The van der Waals surface area contributed by atoms with E-state index in [4.69, 9.17) is 5.73 Å². The second-order valence-corrected chi connectivity index (χ2v) is 4.02. The van der Waals surface area contributed by atoms with E-state index in [9.17, 15) is 4.79 Å². The van der Waals surface area contributed by atoms with Crippen LogP contribution >= 0.6 is 0 Å². The predicted octanol–water partition coefficient (Wildman–Crippen LogP) is -0.882. The molecule has 0 spiro atoms. The number of nitrogens with zero attached hydrogens (tertiary/aromatic N) is 5. The molecule has 0 fully saturated rings. The minimum absolute atomic E-state index is 0.0257. The first-order valence-corrected chi connectivity index (χ1v) is 6.08. The first-order chi connectivity index (χ1) is 9.22. The largest absolute Gasteiger partial charge is 0.349 e. The number of imidazole rings is 1. The van der Waals surface area contributed by atoms with Crippen LogP contribution in [0.3, 0.4) is 0 Å². The van der Waals surface area contributed by atoms with Gasteiger partial charge in [0.2, 0.25) is 5.91 Å². The van der Waals surface area contributed by atoms with Crippen molar-refractivity contribution in [2.75, 3.05) is 6.54 Å². The fourth-order valence-electron chi connectivity index (χ4n) is 1.68. The van der Waals surface area contributed by atoms with Crippen molar-refractivity contribution in [2.45, 2.75) is 26.6 Å². The Morgan fingerprint density at radius 3 is 3.11 bits per heavy atom. The zero-order valence-corrected chi connectivity index (χ0v) is 10.8. The highest BCUT2D eigenvalue weighted by atomic mass is 16.1. The Kier molecular flexibility index (Phi) is 4.24. The molecule has 1 amide bonds. The highest BCUT2D eigenvalue weighted by Crippen LogP contribution is 2.01. The molecule has 0 aliphatic rings. The van der Waals surface area contributed by atoms with Gasteiger partial charge in [-0.2, -0.15) is 0 Å². The quantitative estimate of drug-likeness (QED) is 0.704. The Labute approximate surface area is 110 Å². The SMILES string of the molecule is CCn1ccnc1Cn1cc(CNC(=O)CN)nn1. The van der Waals surface area contributed by atoms with Gasteiger partial charge in [-0.15, -0.1) is 5.10 Å². The topological polar surface area (TPSA) is 104 Å². The maximum absolute atomic E-state index is 11.0. The summed E-state index contributed by atoms with van der Waals surface area (Å²) in [5, 5.41) is 10.6. The van der Waals surface area contributed by atoms with Gasteiger partial charge in [-0.3, -0.25) is 4.79 Å². The van der Waals surface area contributed by atoms with Crippen LogP contribution < -0.4 is 11.1 Å². The smallest absolute Gasteiger partial charge is 0.234 e. The summed E-state index contributed by atoms with van der Waals surface area (Å²) in [5.74, 6) is 0.709. The van der Waals surface area contributed by atoms with E-state index in [0.717, 1.165) is 12.4 Å². The van der Waals surface area contributed by atoms with E-state index in [2.05, 4.69) is 27.5 Å². The fraction of sp³-hybridized carbons (Fsp3) is 0.455. The molecule has 0 radical (unpaired) electrons. The normalized spacial score (nSPS) is 10.6. The van der Waals surface area contributed by atoms with Gasteiger partial charge in [-0.25, -0.2) is 9.67 Å². The molecule has 2 aromatic heterocycles. The Balaban J connectivity index is 1.95. The number of nitrogens with one attached hydrogen (secondary N) is 1. The van der Waals surface area contributed by atoms with Gasteiger partial charge in [0.1, 0.15) is 18.1 Å². The number of hydrogen-bond donors (Lipinski definition) is 2. The van der Waals surface area contributed by atoms with Gasteiger partial charge in [-0.1, -0.05) is 5.21 Å². The van der Waals surface area contributed by atoms with Crippen molar-refractivity contribution in [2.24, 2.45) is 5.73 Å². The molecular formula is C11H17N7O. The lowest BCUT2D eigenvalue weighted by Crippen LogP contribution is -2.29. The van der Waals surface area contributed by atoms with E-state index in [1.165, 1.54) is 0 Å². The van der Waals surface area contributed by atoms with Crippen LogP contribution in [0.4, 0.5) is 0 Å². The van der Waals surface area contributed by atoms with Gasteiger partial charge in [0.15, 0.2) is 0 Å². The third kappa shape index (κ3) is 3.38. The second kappa shape index (κ2) is 6.10. The molecule has 8 heteroatoms. The van der Waals surface area contributed by atoms with Crippen molar-refractivity contribution in [3.8, 4) is 0 Å². The van der Waals surface area contributed by atoms with Gasteiger partial charge in [0.25, 0.3) is 0 Å². The van der Waals surface area contributed by atoms with Crippen LogP contribution in [0.1, 0.15) is 18.4 Å². The molecule has 19 heavy (non-hydrogen) atoms. The lowest BCUT2D eigenvalue weighted by atomic mass is 10.4. The van der Waals surface area contributed by atoms with E-state index >= 15 is 0 Å². The van der Waals surface area contributed by atoms with Crippen molar-refractivity contribution in [1.29, 1.82) is 0 Å². The van der Waals surface area contributed by atoms with Gasteiger partial charge in [-0.05, 0) is 6.92 Å². The minimum Gasteiger partial charge on any atom is -0.349 e. The Bertz CT molecular complexity index is 545. The molecule has 0 saturated carbocycles. The van der Waals surface area contributed by atoms with Crippen LogP contribution in [0.5, 0.6) is 0 Å². The molecule has 0 atom stereocenters. The number of rotatable bonds is 6. The van der Waals surface area contributed by atoms with Crippen molar-refractivity contribution in [1.82, 2.24) is 29.9 Å². The molecule has 3 N–H and O–H groups in total. The molecule has 0 saturated heterocycles. The summed E-state index contributed by atoms with van der Waals surface area (Å²) in [4.78, 5) is 15.3. The van der Waals surface area contributed by atoms with Gasteiger partial charge in [0.05, 0.1) is 19.3 Å². The summed E-state index contributed by atoms with van der Waals surface area (Å²) in [5.41, 5.74) is 5.89. The number of aryl methyl sites for hydroxylation is 1. The lowest BCUT2D eigenvalue weighted by molar-refractivity contribution is -0.119. The van der Waals surface area contributed by atoms with Gasteiger partial charge < -0.3 is 15.6 Å². The summed E-state index contributed by atoms with van der Waals surface area (Å²) in [6.07, 6.45) is 5.47. The first-order valence-electron chi connectivity index (χ1n) is 6.08. The van der Waals surface area contributed by atoms with Crippen molar-refractivity contribution < 1.29 is 4.79 Å². The molecule has 0 aliphatic carbocycles. The third-order valence-electron chi connectivity index (χ3n) is 2.68. The van der Waals surface area contributed by atoms with Crippen LogP contribution in [-0.4, -0.2) is 37.0 Å². The van der Waals surface area contributed by atoms with Gasteiger partial charge in [0, 0.05) is 18.9 Å². The fourth-order valence-corrected chi connectivity index (χ4v) is 1.68. The number of amides is 1. The minimum atomic E-state index is -0.212. The third-order valence-corrected chi connectivity index (χ3v) is 2.68. The molecule has 102 valence electrons. The number of carbonyl (C=O) groups is 1. The standard InChI is InChI=1S/C11H17N7O/c1-2-17-4-3-13-10(17)8-18-7-9(15-16-18)6-14-11(19)5-12/h3-4,7H,2,5-6,8,12H2,1H3,(H,14,19). The maximum atomic E-state index is 11.0. The Morgan fingerprint density at radius 1 is 1.53 bits per heavy atom. The highest BCUT2D eigenvalue weighted by molar-refractivity contribution is 5.77. The lowest BCUT2D eigenvalue weighted by Gasteiger charge is -2.03. The van der Waals surface area contributed by atoms with E-state index in [0.29, 0.717) is 18.8 Å². The zero-order chi connectivity index (χ0) is 13.7. The van der Waals surface area contributed by atoms with Crippen LogP contribution in [0.2, 0.25) is 0 Å². The second-order valence-electron chi connectivity index (χ2n) is 4.02. The molecule has 2 rings (SSSR count). The average molecular weight is 263 g/mol. The first kappa shape index (κ1) is 13.2. The summed E-state index contributed by atoms with van der Waals surface area (Å²) < 4.78 is 3.73. The highest BCUT2D eigenvalue weighted by Gasteiger charge is 2.06. The summed E-state index contributed by atoms with van der Waals surface area (Å²) in [6, 6.07) is 0. The summed E-state index contributed by atoms with van der Waals surface area (Å²) in [7, 11) is 0. The molecule has 0 aliphatic heterocycles. The molecule has 8 nitrogen and oxygen atoms in total.